The van der Waals surface area contributed by atoms with Crippen molar-refractivity contribution in [2.24, 2.45) is 0 Å². The number of rotatable bonds is 5. The summed E-state index contributed by atoms with van der Waals surface area (Å²) in [6.07, 6.45) is 0. The van der Waals surface area contributed by atoms with Crippen LogP contribution in [-0.4, -0.2) is 6.54 Å². The predicted octanol–water partition coefficient (Wildman–Crippen LogP) is 4.82. The second-order valence-electron chi connectivity index (χ2n) is 5.95. The summed E-state index contributed by atoms with van der Waals surface area (Å²) in [5.74, 6) is 0. The van der Waals surface area contributed by atoms with Gasteiger partial charge in [0.1, 0.15) is 0 Å². The topological polar surface area (TPSA) is 12.0 Å². The van der Waals surface area contributed by atoms with Crippen LogP contribution < -0.4 is 5.32 Å². The quantitative estimate of drug-likeness (QED) is 0.827. The van der Waals surface area contributed by atoms with E-state index in [9.17, 15) is 0 Å². The van der Waals surface area contributed by atoms with E-state index >= 15 is 0 Å². The van der Waals surface area contributed by atoms with Crippen LogP contribution in [0.4, 0.5) is 0 Å². The third-order valence-corrected chi connectivity index (χ3v) is 4.38. The summed E-state index contributed by atoms with van der Waals surface area (Å²) in [5, 5.41) is 3.57. The zero-order valence-corrected chi connectivity index (χ0v) is 14.0. The van der Waals surface area contributed by atoms with E-state index in [0.29, 0.717) is 0 Å². The molecule has 1 nitrogen and oxygen atoms in total. The van der Waals surface area contributed by atoms with E-state index in [2.05, 4.69) is 90.5 Å². The summed E-state index contributed by atoms with van der Waals surface area (Å²) in [5.41, 5.74) is 4.10. The monoisotopic (exact) mass is 331 g/mol. The van der Waals surface area contributed by atoms with Crippen LogP contribution in [0.1, 0.15) is 30.5 Å². The standard InChI is InChI=1S/C18H22BrN/c1-14-9-10-15(17(19)11-14)12-20-13-18(2,3)16-7-5-4-6-8-16/h4-11,20H,12-13H2,1-3H3. The first-order valence-corrected chi connectivity index (χ1v) is 7.79. The smallest absolute Gasteiger partial charge is 0.0222 e. The molecule has 0 aromatic heterocycles. The fraction of sp³-hybridized carbons (Fsp3) is 0.333. The lowest BCUT2D eigenvalue weighted by atomic mass is 9.84. The highest BCUT2D eigenvalue weighted by Gasteiger charge is 2.19. The number of benzene rings is 2. The first kappa shape index (κ1) is 15.3. The molecule has 106 valence electrons. The summed E-state index contributed by atoms with van der Waals surface area (Å²) >= 11 is 3.63. The average Bonchev–Trinajstić information content (AvgIpc) is 2.42. The van der Waals surface area contributed by atoms with Gasteiger partial charge in [0.25, 0.3) is 0 Å². The summed E-state index contributed by atoms with van der Waals surface area (Å²) in [7, 11) is 0. The van der Waals surface area contributed by atoms with Gasteiger partial charge in [-0.15, -0.1) is 0 Å². The van der Waals surface area contributed by atoms with Gasteiger partial charge < -0.3 is 5.32 Å². The van der Waals surface area contributed by atoms with Crippen LogP contribution in [0.15, 0.2) is 53.0 Å². The van der Waals surface area contributed by atoms with E-state index in [-0.39, 0.29) is 5.41 Å². The van der Waals surface area contributed by atoms with Crippen LogP contribution in [-0.2, 0) is 12.0 Å². The molecule has 2 aromatic rings. The molecule has 2 heteroatoms. The number of hydrogen-bond donors (Lipinski definition) is 1. The van der Waals surface area contributed by atoms with Gasteiger partial charge in [0.15, 0.2) is 0 Å². The molecule has 1 N–H and O–H groups in total. The van der Waals surface area contributed by atoms with E-state index in [1.54, 1.807) is 0 Å². The van der Waals surface area contributed by atoms with Gasteiger partial charge in [-0.1, -0.05) is 72.2 Å². The molecular weight excluding hydrogens is 310 g/mol. The van der Waals surface area contributed by atoms with Gasteiger partial charge in [-0.3, -0.25) is 0 Å². The van der Waals surface area contributed by atoms with Gasteiger partial charge in [-0.2, -0.15) is 0 Å². The maximum Gasteiger partial charge on any atom is 0.0222 e. The molecule has 2 aromatic carbocycles. The Morgan fingerprint density at radius 2 is 1.75 bits per heavy atom. The largest absolute Gasteiger partial charge is 0.312 e. The normalized spacial score (nSPS) is 11.6. The molecule has 0 atom stereocenters. The Hall–Kier alpha value is -1.12. The number of nitrogens with one attached hydrogen (secondary N) is 1. The highest BCUT2D eigenvalue weighted by atomic mass is 79.9. The molecule has 2 rings (SSSR count). The first-order chi connectivity index (χ1) is 9.49. The Morgan fingerprint density at radius 3 is 2.40 bits per heavy atom. The number of hydrogen-bond acceptors (Lipinski definition) is 1. The van der Waals surface area contributed by atoms with Gasteiger partial charge in [-0.25, -0.2) is 0 Å². The predicted molar refractivity (Wildman–Crippen MR) is 90.1 cm³/mol. The number of halogens is 1. The van der Waals surface area contributed by atoms with Gasteiger partial charge in [0, 0.05) is 23.0 Å². The summed E-state index contributed by atoms with van der Waals surface area (Å²) in [6.45, 7) is 8.51. The third-order valence-electron chi connectivity index (χ3n) is 3.65. The van der Waals surface area contributed by atoms with E-state index in [1.165, 1.54) is 21.2 Å². The van der Waals surface area contributed by atoms with Crippen LogP contribution in [0.25, 0.3) is 0 Å². The van der Waals surface area contributed by atoms with Crippen molar-refractivity contribution in [2.45, 2.75) is 32.7 Å². The van der Waals surface area contributed by atoms with E-state index in [4.69, 9.17) is 0 Å². The van der Waals surface area contributed by atoms with Gasteiger partial charge in [0.2, 0.25) is 0 Å². The molecule has 0 aliphatic heterocycles. The van der Waals surface area contributed by atoms with Crippen molar-refractivity contribution < 1.29 is 0 Å². The SMILES string of the molecule is Cc1ccc(CNCC(C)(C)c2ccccc2)c(Br)c1. The van der Waals surface area contributed by atoms with E-state index in [1.807, 2.05) is 0 Å². The Balaban J connectivity index is 1.95. The summed E-state index contributed by atoms with van der Waals surface area (Å²) < 4.78 is 1.18. The second-order valence-corrected chi connectivity index (χ2v) is 6.80. The molecule has 20 heavy (non-hydrogen) atoms. The molecule has 0 fully saturated rings. The van der Waals surface area contributed by atoms with Crippen LogP contribution in [0.3, 0.4) is 0 Å². The minimum Gasteiger partial charge on any atom is -0.312 e. The van der Waals surface area contributed by atoms with Crippen molar-refractivity contribution in [3.05, 3.63) is 69.7 Å². The first-order valence-electron chi connectivity index (χ1n) is 7.00. The number of aryl methyl sites for hydroxylation is 1. The highest BCUT2D eigenvalue weighted by molar-refractivity contribution is 9.10. The average molecular weight is 332 g/mol. The van der Waals surface area contributed by atoms with Crippen molar-refractivity contribution >= 4 is 15.9 Å². The van der Waals surface area contributed by atoms with Gasteiger partial charge >= 0.3 is 0 Å². The van der Waals surface area contributed by atoms with Crippen LogP contribution in [0.2, 0.25) is 0 Å². The molecule has 0 saturated heterocycles. The van der Waals surface area contributed by atoms with Crippen molar-refractivity contribution in [3.8, 4) is 0 Å². The maximum atomic E-state index is 3.63. The molecule has 0 bridgehead atoms. The lowest BCUT2D eigenvalue weighted by Crippen LogP contribution is -2.32. The summed E-state index contributed by atoms with van der Waals surface area (Å²) in [4.78, 5) is 0. The van der Waals surface area contributed by atoms with Crippen LogP contribution in [0.5, 0.6) is 0 Å². The second kappa shape index (κ2) is 6.55. The Kier molecular flexibility index (Phi) is 5.00. The van der Waals surface area contributed by atoms with Crippen molar-refractivity contribution in [3.63, 3.8) is 0 Å². The molecule has 0 heterocycles. The zero-order chi connectivity index (χ0) is 14.6. The Labute approximate surface area is 130 Å². The fourth-order valence-electron chi connectivity index (χ4n) is 2.30. The maximum absolute atomic E-state index is 3.63. The van der Waals surface area contributed by atoms with E-state index < -0.39 is 0 Å². The van der Waals surface area contributed by atoms with E-state index in [0.717, 1.165) is 13.1 Å². The van der Waals surface area contributed by atoms with Crippen molar-refractivity contribution in [2.75, 3.05) is 6.54 Å². The lowest BCUT2D eigenvalue weighted by Gasteiger charge is -2.26. The molecule has 0 aliphatic carbocycles. The molecule has 0 aliphatic rings. The van der Waals surface area contributed by atoms with Gasteiger partial charge in [-0.05, 0) is 29.7 Å². The Bertz CT molecular complexity index is 561. The molecule has 0 radical (unpaired) electrons. The van der Waals surface area contributed by atoms with Gasteiger partial charge in [0.05, 0.1) is 0 Å². The minimum absolute atomic E-state index is 0.137. The van der Waals surface area contributed by atoms with Crippen molar-refractivity contribution in [1.29, 1.82) is 0 Å². The molecule has 0 spiro atoms. The van der Waals surface area contributed by atoms with Crippen LogP contribution >= 0.6 is 15.9 Å². The van der Waals surface area contributed by atoms with Crippen LogP contribution in [0, 0.1) is 6.92 Å². The highest BCUT2D eigenvalue weighted by Crippen LogP contribution is 2.22. The third kappa shape index (κ3) is 3.94. The lowest BCUT2D eigenvalue weighted by molar-refractivity contribution is 0.468. The molecule has 0 amide bonds. The molecular formula is C18H22BrN. The summed E-state index contributed by atoms with van der Waals surface area (Å²) in [6, 6.07) is 17.2. The Morgan fingerprint density at radius 1 is 1.05 bits per heavy atom. The zero-order valence-electron chi connectivity index (χ0n) is 12.4. The van der Waals surface area contributed by atoms with Crippen molar-refractivity contribution in [1.82, 2.24) is 5.32 Å². The molecule has 0 saturated carbocycles. The fourth-order valence-corrected chi connectivity index (χ4v) is 2.93. The minimum atomic E-state index is 0.137. The molecule has 0 unspecified atom stereocenters.